The number of carbonyl (C=O) groups excluding carboxylic acids is 3. The van der Waals surface area contributed by atoms with Crippen molar-refractivity contribution in [1.29, 1.82) is 0 Å². The van der Waals surface area contributed by atoms with E-state index in [0.29, 0.717) is 37.6 Å². The standard InChI is InChI=1S/C25H28N2O5/c1-3-31-25(30)17-9-8-14-27(15-17)22(28)16-26(2)24(29)23-18-10-4-6-12-20(18)32-21-13-7-5-11-19(21)23/h4-7,10-13,17,23H,3,8-9,14-16H2,1-2H3. The van der Waals surface area contributed by atoms with Gasteiger partial charge in [-0.25, -0.2) is 0 Å². The number of fused-ring (bicyclic) bond motifs is 2. The number of likely N-dealkylation sites (N-methyl/N-ethyl adjacent to an activating group) is 1. The SMILES string of the molecule is CCOC(=O)C1CCCN(C(=O)CN(C)C(=O)C2c3ccccc3Oc3ccccc32)C1. The molecule has 0 N–H and O–H groups in total. The number of amides is 2. The number of para-hydroxylation sites is 2. The van der Waals surface area contributed by atoms with Crippen molar-refractivity contribution in [2.45, 2.75) is 25.7 Å². The van der Waals surface area contributed by atoms with Gasteiger partial charge in [0.25, 0.3) is 0 Å². The minimum Gasteiger partial charge on any atom is -0.466 e. The third kappa shape index (κ3) is 4.33. The molecule has 0 saturated carbocycles. The molecule has 2 aromatic carbocycles. The lowest BCUT2D eigenvalue weighted by molar-refractivity contribution is -0.152. The van der Waals surface area contributed by atoms with Gasteiger partial charge in [0.15, 0.2) is 0 Å². The highest BCUT2D eigenvalue weighted by Crippen LogP contribution is 2.44. The molecule has 7 heteroatoms. The van der Waals surface area contributed by atoms with E-state index in [9.17, 15) is 14.4 Å². The summed E-state index contributed by atoms with van der Waals surface area (Å²) in [7, 11) is 1.65. The summed E-state index contributed by atoms with van der Waals surface area (Å²) in [5.41, 5.74) is 1.58. The number of ether oxygens (including phenoxy) is 2. The molecule has 0 spiro atoms. The summed E-state index contributed by atoms with van der Waals surface area (Å²) in [6.45, 7) is 2.98. The summed E-state index contributed by atoms with van der Waals surface area (Å²) < 4.78 is 11.1. The first-order chi connectivity index (χ1) is 15.5. The van der Waals surface area contributed by atoms with Crippen molar-refractivity contribution in [3.05, 3.63) is 59.7 Å². The fourth-order valence-corrected chi connectivity index (χ4v) is 4.43. The number of likely N-dealkylation sites (tertiary alicyclic amines) is 1. The highest BCUT2D eigenvalue weighted by atomic mass is 16.5. The average molecular weight is 437 g/mol. The lowest BCUT2D eigenvalue weighted by Gasteiger charge is -2.34. The van der Waals surface area contributed by atoms with Crippen LogP contribution in [0.15, 0.2) is 48.5 Å². The van der Waals surface area contributed by atoms with Crippen molar-refractivity contribution in [3.8, 4) is 11.5 Å². The molecule has 2 aliphatic heterocycles. The fraction of sp³-hybridized carbons (Fsp3) is 0.400. The van der Waals surface area contributed by atoms with E-state index in [1.165, 1.54) is 4.90 Å². The molecule has 32 heavy (non-hydrogen) atoms. The van der Waals surface area contributed by atoms with Crippen LogP contribution in [0, 0.1) is 5.92 Å². The zero-order valence-electron chi connectivity index (χ0n) is 18.5. The molecular formula is C25H28N2O5. The molecule has 0 radical (unpaired) electrons. The fourth-order valence-electron chi connectivity index (χ4n) is 4.43. The summed E-state index contributed by atoms with van der Waals surface area (Å²) in [4.78, 5) is 41.7. The number of carbonyl (C=O) groups is 3. The van der Waals surface area contributed by atoms with Gasteiger partial charge in [-0.3, -0.25) is 14.4 Å². The molecular weight excluding hydrogens is 408 g/mol. The summed E-state index contributed by atoms with van der Waals surface area (Å²) >= 11 is 0. The lowest BCUT2D eigenvalue weighted by Crippen LogP contribution is -2.47. The van der Waals surface area contributed by atoms with E-state index in [0.717, 1.165) is 17.5 Å². The zero-order valence-corrected chi connectivity index (χ0v) is 18.5. The molecule has 4 rings (SSSR count). The number of nitrogens with zero attached hydrogens (tertiary/aromatic N) is 2. The Hall–Kier alpha value is -3.35. The molecule has 1 fully saturated rings. The number of piperidine rings is 1. The van der Waals surface area contributed by atoms with Crippen molar-refractivity contribution >= 4 is 17.8 Å². The second-order valence-corrected chi connectivity index (χ2v) is 8.24. The van der Waals surface area contributed by atoms with Crippen molar-refractivity contribution in [1.82, 2.24) is 9.80 Å². The molecule has 2 aromatic rings. The first-order valence-electron chi connectivity index (χ1n) is 11.0. The minimum atomic E-state index is -0.539. The van der Waals surface area contributed by atoms with Gasteiger partial charge in [-0.15, -0.1) is 0 Å². The highest BCUT2D eigenvalue weighted by molar-refractivity contribution is 5.92. The Morgan fingerprint density at radius 2 is 1.69 bits per heavy atom. The van der Waals surface area contributed by atoms with Gasteiger partial charge >= 0.3 is 5.97 Å². The summed E-state index contributed by atoms with van der Waals surface area (Å²) in [6, 6.07) is 15.0. The van der Waals surface area contributed by atoms with E-state index in [-0.39, 0.29) is 30.2 Å². The second kappa shape index (κ2) is 9.42. The molecule has 0 bridgehead atoms. The van der Waals surface area contributed by atoms with Crippen LogP contribution in [0.25, 0.3) is 0 Å². The number of benzene rings is 2. The van der Waals surface area contributed by atoms with E-state index in [4.69, 9.17) is 9.47 Å². The smallest absolute Gasteiger partial charge is 0.310 e. The summed E-state index contributed by atoms with van der Waals surface area (Å²) in [6.07, 6.45) is 1.46. The Morgan fingerprint density at radius 1 is 1.06 bits per heavy atom. The molecule has 2 aliphatic rings. The van der Waals surface area contributed by atoms with Crippen LogP contribution in [0.2, 0.25) is 0 Å². The van der Waals surface area contributed by atoms with Gasteiger partial charge in [0, 0.05) is 31.3 Å². The van der Waals surface area contributed by atoms with Crippen LogP contribution >= 0.6 is 0 Å². The van der Waals surface area contributed by atoms with Gasteiger partial charge in [-0.2, -0.15) is 0 Å². The van der Waals surface area contributed by atoms with E-state index < -0.39 is 5.92 Å². The van der Waals surface area contributed by atoms with E-state index >= 15 is 0 Å². The highest BCUT2D eigenvalue weighted by Gasteiger charge is 2.36. The molecule has 1 unspecified atom stereocenters. The Morgan fingerprint density at radius 3 is 2.31 bits per heavy atom. The molecule has 0 aliphatic carbocycles. The number of rotatable bonds is 5. The molecule has 1 atom stereocenters. The van der Waals surface area contributed by atoms with E-state index in [2.05, 4.69) is 0 Å². The molecule has 2 heterocycles. The third-order valence-electron chi connectivity index (χ3n) is 6.07. The number of esters is 1. The first kappa shape index (κ1) is 21.9. The van der Waals surface area contributed by atoms with E-state index in [1.807, 2.05) is 48.5 Å². The predicted molar refractivity (Wildman–Crippen MR) is 118 cm³/mol. The summed E-state index contributed by atoms with van der Waals surface area (Å²) in [5.74, 6) is -0.130. The molecule has 0 aromatic heterocycles. The molecule has 168 valence electrons. The van der Waals surface area contributed by atoms with Crippen LogP contribution in [0.5, 0.6) is 11.5 Å². The van der Waals surface area contributed by atoms with E-state index in [1.54, 1.807) is 18.9 Å². The quantitative estimate of drug-likeness (QED) is 0.673. The van der Waals surface area contributed by atoms with Crippen molar-refractivity contribution in [2.75, 3.05) is 33.3 Å². The number of hydrogen-bond donors (Lipinski definition) is 0. The maximum atomic E-state index is 13.5. The van der Waals surface area contributed by atoms with Crippen LogP contribution in [0.3, 0.4) is 0 Å². The van der Waals surface area contributed by atoms with Crippen LogP contribution in [-0.4, -0.2) is 60.9 Å². The van der Waals surface area contributed by atoms with Gasteiger partial charge in [0.2, 0.25) is 11.8 Å². The van der Waals surface area contributed by atoms with Gasteiger partial charge in [0.05, 0.1) is 25.0 Å². The maximum Gasteiger partial charge on any atom is 0.310 e. The first-order valence-corrected chi connectivity index (χ1v) is 11.0. The Kier molecular flexibility index (Phi) is 6.44. The topological polar surface area (TPSA) is 76.2 Å². The minimum absolute atomic E-state index is 0.0456. The average Bonchev–Trinajstić information content (AvgIpc) is 2.82. The molecule has 1 saturated heterocycles. The molecule has 2 amide bonds. The normalized spacial score (nSPS) is 17.6. The monoisotopic (exact) mass is 436 g/mol. The van der Waals surface area contributed by atoms with Gasteiger partial charge in [0.1, 0.15) is 11.5 Å². The molecule has 7 nitrogen and oxygen atoms in total. The second-order valence-electron chi connectivity index (χ2n) is 8.24. The van der Waals surface area contributed by atoms with Crippen LogP contribution in [0.1, 0.15) is 36.8 Å². The van der Waals surface area contributed by atoms with Crippen molar-refractivity contribution < 1.29 is 23.9 Å². The van der Waals surface area contributed by atoms with Crippen LogP contribution < -0.4 is 4.74 Å². The largest absolute Gasteiger partial charge is 0.466 e. The van der Waals surface area contributed by atoms with Gasteiger partial charge < -0.3 is 19.3 Å². The Labute approximate surface area is 187 Å². The van der Waals surface area contributed by atoms with Crippen LogP contribution in [0.4, 0.5) is 0 Å². The van der Waals surface area contributed by atoms with Gasteiger partial charge in [-0.1, -0.05) is 36.4 Å². The van der Waals surface area contributed by atoms with Crippen LogP contribution in [-0.2, 0) is 19.1 Å². The predicted octanol–water partition coefficient (Wildman–Crippen LogP) is 3.18. The van der Waals surface area contributed by atoms with Crippen molar-refractivity contribution in [2.24, 2.45) is 5.92 Å². The Balaban J connectivity index is 1.49. The van der Waals surface area contributed by atoms with Gasteiger partial charge in [-0.05, 0) is 31.9 Å². The Bertz CT molecular complexity index is 975. The number of hydrogen-bond acceptors (Lipinski definition) is 5. The lowest BCUT2D eigenvalue weighted by atomic mass is 9.87. The third-order valence-corrected chi connectivity index (χ3v) is 6.07. The van der Waals surface area contributed by atoms with Crippen molar-refractivity contribution in [3.63, 3.8) is 0 Å². The maximum absolute atomic E-state index is 13.5. The summed E-state index contributed by atoms with van der Waals surface area (Å²) in [5, 5.41) is 0. The zero-order chi connectivity index (χ0) is 22.7.